The van der Waals surface area contributed by atoms with Crippen LogP contribution in [0.5, 0.6) is 5.75 Å². The van der Waals surface area contributed by atoms with Crippen LogP contribution >= 0.6 is 12.4 Å². The Bertz CT molecular complexity index is 626. The molecule has 0 spiro atoms. The summed E-state index contributed by atoms with van der Waals surface area (Å²) in [5.41, 5.74) is 5.87. The first-order valence-corrected chi connectivity index (χ1v) is 8.24. The van der Waals surface area contributed by atoms with Crippen molar-refractivity contribution < 1.29 is 19.4 Å². The first kappa shape index (κ1) is 19.5. The average Bonchev–Trinajstić information content (AvgIpc) is 2.61. The zero-order valence-electron chi connectivity index (χ0n) is 14.0. The zero-order chi connectivity index (χ0) is 17.2. The lowest BCUT2D eigenvalue weighted by molar-refractivity contribution is -0.142. The lowest BCUT2D eigenvalue weighted by atomic mass is 9.89. The first-order chi connectivity index (χ1) is 11.5. The summed E-state index contributed by atoms with van der Waals surface area (Å²) in [6.07, 6.45) is 1.07. The third-order valence-corrected chi connectivity index (χ3v) is 4.76. The maximum Gasteiger partial charge on any atom is 0.254 e. The van der Waals surface area contributed by atoms with Gasteiger partial charge in [0.15, 0.2) is 0 Å². The Morgan fingerprint density at radius 1 is 1.08 bits per heavy atom. The summed E-state index contributed by atoms with van der Waals surface area (Å²) in [6.45, 7) is 2.91. The minimum atomic E-state index is -0.838. The van der Waals surface area contributed by atoms with Crippen LogP contribution in [0, 0.1) is 0 Å². The van der Waals surface area contributed by atoms with Crippen LogP contribution in [0.15, 0.2) is 24.3 Å². The summed E-state index contributed by atoms with van der Waals surface area (Å²) < 4.78 is 5.29. The number of aromatic hydroxyl groups is 1. The molecule has 2 saturated heterocycles. The number of phenols is 1. The molecule has 0 unspecified atom stereocenters. The molecule has 1 aromatic carbocycles. The van der Waals surface area contributed by atoms with Crippen molar-refractivity contribution in [3.8, 4) is 5.75 Å². The van der Waals surface area contributed by atoms with Crippen molar-refractivity contribution >= 4 is 24.2 Å². The van der Waals surface area contributed by atoms with E-state index in [9.17, 15) is 14.7 Å². The summed E-state index contributed by atoms with van der Waals surface area (Å²) in [4.78, 5) is 28.6. The van der Waals surface area contributed by atoms with Gasteiger partial charge in [-0.1, -0.05) is 6.07 Å². The number of carbonyl (C=O) groups is 2. The molecule has 2 fully saturated rings. The third-order valence-electron chi connectivity index (χ3n) is 4.76. The van der Waals surface area contributed by atoms with Gasteiger partial charge in [0, 0.05) is 45.0 Å². The Kier molecular flexibility index (Phi) is 6.26. The van der Waals surface area contributed by atoms with Crippen molar-refractivity contribution in [2.45, 2.75) is 18.4 Å². The number of amides is 2. The molecule has 2 aliphatic heterocycles. The summed E-state index contributed by atoms with van der Waals surface area (Å²) >= 11 is 0. The molecule has 2 amide bonds. The second kappa shape index (κ2) is 8.03. The molecule has 25 heavy (non-hydrogen) atoms. The molecule has 7 nitrogen and oxygen atoms in total. The van der Waals surface area contributed by atoms with Crippen LogP contribution in [0.4, 0.5) is 0 Å². The minimum absolute atomic E-state index is 0. The normalized spacial score (nSPS) is 19.9. The Labute approximate surface area is 153 Å². The highest BCUT2D eigenvalue weighted by atomic mass is 35.5. The molecule has 0 aliphatic carbocycles. The van der Waals surface area contributed by atoms with Gasteiger partial charge < -0.3 is 25.4 Å². The molecule has 8 heteroatoms. The molecule has 3 rings (SSSR count). The quantitative estimate of drug-likeness (QED) is 0.796. The van der Waals surface area contributed by atoms with Crippen LogP contribution in [-0.2, 0) is 9.53 Å². The van der Waals surface area contributed by atoms with Crippen molar-refractivity contribution in [3.05, 3.63) is 29.8 Å². The van der Waals surface area contributed by atoms with E-state index >= 15 is 0 Å². The van der Waals surface area contributed by atoms with Gasteiger partial charge >= 0.3 is 0 Å². The van der Waals surface area contributed by atoms with Crippen molar-refractivity contribution in [2.24, 2.45) is 5.73 Å². The Hall–Kier alpha value is -1.83. The highest BCUT2D eigenvalue weighted by Gasteiger charge is 2.40. The number of halogens is 1. The van der Waals surface area contributed by atoms with Crippen molar-refractivity contribution in [1.29, 1.82) is 0 Å². The van der Waals surface area contributed by atoms with Gasteiger partial charge in [-0.25, -0.2) is 0 Å². The largest absolute Gasteiger partial charge is 0.508 e. The number of nitrogens with two attached hydrogens (primary N) is 1. The number of carbonyl (C=O) groups excluding carboxylic acids is 2. The van der Waals surface area contributed by atoms with Gasteiger partial charge in [0.2, 0.25) is 5.91 Å². The third kappa shape index (κ3) is 4.23. The summed E-state index contributed by atoms with van der Waals surface area (Å²) in [5.74, 6) is -0.110. The predicted molar refractivity (Wildman–Crippen MR) is 94.8 cm³/mol. The van der Waals surface area contributed by atoms with E-state index in [2.05, 4.69) is 0 Å². The summed E-state index contributed by atoms with van der Waals surface area (Å²) in [5, 5.41) is 9.50. The molecule has 1 aromatic rings. The molecule has 0 radical (unpaired) electrons. The van der Waals surface area contributed by atoms with Gasteiger partial charge in [-0.3, -0.25) is 9.59 Å². The van der Waals surface area contributed by atoms with Gasteiger partial charge in [-0.15, -0.1) is 12.4 Å². The molecule has 0 bridgehead atoms. The van der Waals surface area contributed by atoms with E-state index in [0.29, 0.717) is 57.8 Å². The fourth-order valence-electron chi connectivity index (χ4n) is 3.20. The van der Waals surface area contributed by atoms with Crippen LogP contribution in [-0.4, -0.2) is 71.7 Å². The second-order valence-corrected chi connectivity index (χ2v) is 6.40. The number of piperazine rings is 1. The van der Waals surface area contributed by atoms with Crippen LogP contribution in [0.2, 0.25) is 0 Å². The standard InChI is InChI=1S/C17H23N3O4.ClH/c18-17(4-10-24-11-5-17)16(23)20-8-6-19(7-9-20)15(22)13-2-1-3-14(21)12-13;/h1-3,12,21H,4-11,18H2;1H. The molecule has 2 aliphatic rings. The topological polar surface area (TPSA) is 96.1 Å². The number of benzene rings is 1. The maximum absolute atomic E-state index is 12.7. The summed E-state index contributed by atoms with van der Waals surface area (Å²) in [6, 6.07) is 6.31. The van der Waals surface area contributed by atoms with E-state index in [1.165, 1.54) is 12.1 Å². The predicted octanol–water partition coefficient (Wildman–Crippen LogP) is 0.606. The number of hydrogen-bond donors (Lipinski definition) is 2. The van der Waals surface area contributed by atoms with Crippen LogP contribution < -0.4 is 5.73 Å². The van der Waals surface area contributed by atoms with Gasteiger partial charge in [0.25, 0.3) is 5.91 Å². The Morgan fingerprint density at radius 2 is 1.68 bits per heavy atom. The average molecular weight is 370 g/mol. The van der Waals surface area contributed by atoms with E-state index in [1.807, 2.05) is 0 Å². The molecule has 0 aromatic heterocycles. The van der Waals surface area contributed by atoms with E-state index in [1.54, 1.807) is 21.9 Å². The highest BCUT2D eigenvalue weighted by molar-refractivity contribution is 5.95. The van der Waals surface area contributed by atoms with Crippen LogP contribution in [0.3, 0.4) is 0 Å². The Balaban J connectivity index is 0.00000225. The number of hydrogen-bond acceptors (Lipinski definition) is 5. The van der Waals surface area contributed by atoms with Crippen molar-refractivity contribution in [1.82, 2.24) is 9.80 Å². The van der Waals surface area contributed by atoms with Gasteiger partial charge in [-0.2, -0.15) is 0 Å². The molecule has 3 N–H and O–H groups in total. The van der Waals surface area contributed by atoms with Gasteiger partial charge in [0.05, 0.1) is 5.54 Å². The molecular formula is C17H24ClN3O4. The number of ether oxygens (including phenoxy) is 1. The molecular weight excluding hydrogens is 346 g/mol. The van der Waals surface area contributed by atoms with E-state index in [-0.39, 0.29) is 30.0 Å². The van der Waals surface area contributed by atoms with E-state index < -0.39 is 5.54 Å². The SMILES string of the molecule is Cl.NC1(C(=O)N2CCN(C(=O)c3cccc(O)c3)CC2)CCOCC1. The van der Waals surface area contributed by atoms with Gasteiger partial charge in [-0.05, 0) is 31.0 Å². The monoisotopic (exact) mass is 369 g/mol. The number of phenolic OH excluding ortho intramolecular Hbond substituents is 1. The highest BCUT2D eigenvalue weighted by Crippen LogP contribution is 2.22. The van der Waals surface area contributed by atoms with Gasteiger partial charge in [0.1, 0.15) is 5.75 Å². The smallest absolute Gasteiger partial charge is 0.254 e. The zero-order valence-corrected chi connectivity index (χ0v) is 14.8. The van der Waals surface area contributed by atoms with Crippen LogP contribution in [0.1, 0.15) is 23.2 Å². The number of rotatable bonds is 2. The Morgan fingerprint density at radius 3 is 2.28 bits per heavy atom. The van der Waals surface area contributed by atoms with E-state index in [0.717, 1.165) is 0 Å². The fraction of sp³-hybridized carbons (Fsp3) is 0.529. The minimum Gasteiger partial charge on any atom is -0.508 e. The lowest BCUT2D eigenvalue weighted by Gasteiger charge is -2.40. The molecule has 0 saturated carbocycles. The van der Waals surface area contributed by atoms with E-state index in [4.69, 9.17) is 10.5 Å². The fourth-order valence-corrected chi connectivity index (χ4v) is 3.20. The molecule has 0 atom stereocenters. The second-order valence-electron chi connectivity index (χ2n) is 6.40. The molecule has 138 valence electrons. The van der Waals surface area contributed by atoms with Crippen molar-refractivity contribution in [3.63, 3.8) is 0 Å². The lowest BCUT2D eigenvalue weighted by Crippen LogP contribution is -2.61. The van der Waals surface area contributed by atoms with Crippen molar-refractivity contribution in [2.75, 3.05) is 39.4 Å². The number of nitrogens with zero attached hydrogens (tertiary/aromatic N) is 2. The van der Waals surface area contributed by atoms with Crippen LogP contribution in [0.25, 0.3) is 0 Å². The molecule has 2 heterocycles. The first-order valence-electron chi connectivity index (χ1n) is 8.24. The summed E-state index contributed by atoms with van der Waals surface area (Å²) in [7, 11) is 0. The maximum atomic E-state index is 12.7.